The number of quaternary nitrogens is 1. The van der Waals surface area contributed by atoms with Crippen molar-refractivity contribution in [2.24, 2.45) is 0 Å². The molecule has 2 rings (SSSR count). The molecule has 6 nitrogen and oxygen atoms in total. The molecule has 1 aromatic rings. The van der Waals surface area contributed by atoms with Crippen LogP contribution in [0.25, 0.3) is 0 Å². The van der Waals surface area contributed by atoms with Crippen molar-refractivity contribution in [2.75, 3.05) is 46.6 Å². The normalized spacial score (nSPS) is 16.8. The molecular formula is C16H24NO5+. The summed E-state index contributed by atoms with van der Waals surface area (Å²) >= 11 is 0. The summed E-state index contributed by atoms with van der Waals surface area (Å²) in [6.45, 7) is 6.10. The van der Waals surface area contributed by atoms with Crippen LogP contribution in [0.1, 0.15) is 6.92 Å². The number of benzene rings is 1. The summed E-state index contributed by atoms with van der Waals surface area (Å²) in [4.78, 5) is 13.2. The van der Waals surface area contributed by atoms with Crippen LogP contribution in [-0.4, -0.2) is 58.6 Å². The van der Waals surface area contributed by atoms with E-state index in [2.05, 4.69) is 0 Å². The number of morpholine rings is 1. The minimum Gasteiger partial charge on any atom is -0.497 e. The number of hydrogen-bond acceptors (Lipinski definition) is 5. The van der Waals surface area contributed by atoms with E-state index < -0.39 is 0 Å². The minimum atomic E-state index is -0.351. The van der Waals surface area contributed by atoms with E-state index in [0.29, 0.717) is 5.75 Å². The van der Waals surface area contributed by atoms with Crippen LogP contribution in [0.15, 0.2) is 24.3 Å². The summed E-state index contributed by atoms with van der Waals surface area (Å²) in [7, 11) is 1.60. The zero-order valence-corrected chi connectivity index (χ0v) is 13.2. The van der Waals surface area contributed by atoms with E-state index in [1.807, 2.05) is 6.92 Å². The number of carbonyl (C=O) groups is 1. The molecule has 122 valence electrons. The number of nitrogens with one attached hydrogen (secondary N) is 1. The van der Waals surface area contributed by atoms with E-state index in [1.165, 1.54) is 4.90 Å². The second-order valence-corrected chi connectivity index (χ2v) is 5.33. The molecule has 0 spiro atoms. The van der Waals surface area contributed by atoms with Crippen LogP contribution in [0, 0.1) is 0 Å². The van der Waals surface area contributed by atoms with Crippen molar-refractivity contribution >= 4 is 5.97 Å². The fourth-order valence-electron chi connectivity index (χ4n) is 2.39. The summed E-state index contributed by atoms with van der Waals surface area (Å²) in [5.41, 5.74) is 0. The van der Waals surface area contributed by atoms with Gasteiger partial charge < -0.3 is 23.8 Å². The third-order valence-corrected chi connectivity index (χ3v) is 3.52. The summed E-state index contributed by atoms with van der Waals surface area (Å²) in [5, 5.41) is 0. The molecule has 1 fully saturated rings. The maximum atomic E-state index is 11.8. The number of rotatable bonds is 7. The second-order valence-electron chi connectivity index (χ2n) is 5.33. The van der Waals surface area contributed by atoms with E-state index >= 15 is 0 Å². The van der Waals surface area contributed by atoms with E-state index in [0.717, 1.165) is 38.6 Å². The molecule has 0 saturated carbocycles. The Bertz CT molecular complexity index is 456. The van der Waals surface area contributed by atoms with Gasteiger partial charge in [0.1, 0.15) is 37.2 Å². The van der Waals surface area contributed by atoms with Crippen molar-refractivity contribution in [1.29, 1.82) is 0 Å². The van der Waals surface area contributed by atoms with Gasteiger partial charge in [-0.2, -0.15) is 0 Å². The van der Waals surface area contributed by atoms with Gasteiger partial charge in [0.25, 0.3) is 0 Å². The molecule has 0 aliphatic carbocycles. The van der Waals surface area contributed by atoms with Crippen molar-refractivity contribution in [3.63, 3.8) is 0 Å². The van der Waals surface area contributed by atoms with Crippen molar-refractivity contribution < 1.29 is 28.6 Å². The predicted molar refractivity (Wildman–Crippen MR) is 80.4 cm³/mol. The third-order valence-electron chi connectivity index (χ3n) is 3.52. The summed E-state index contributed by atoms with van der Waals surface area (Å²) < 4.78 is 21.1. The van der Waals surface area contributed by atoms with Crippen LogP contribution in [-0.2, 0) is 14.3 Å². The Hall–Kier alpha value is -1.79. The first kappa shape index (κ1) is 16.6. The predicted octanol–water partition coefficient (Wildman–Crippen LogP) is -0.0792. The van der Waals surface area contributed by atoms with Crippen molar-refractivity contribution in [3.05, 3.63) is 24.3 Å². The Morgan fingerprint density at radius 3 is 2.50 bits per heavy atom. The lowest BCUT2D eigenvalue weighted by Crippen LogP contribution is -3.15. The summed E-state index contributed by atoms with van der Waals surface area (Å²) in [6.07, 6.45) is -0.125. The highest BCUT2D eigenvalue weighted by molar-refractivity contribution is 5.71. The number of methoxy groups -OCH3 is 1. The van der Waals surface area contributed by atoms with Crippen molar-refractivity contribution in [3.8, 4) is 11.5 Å². The van der Waals surface area contributed by atoms with Gasteiger partial charge in [0.15, 0.2) is 6.61 Å². The van der Waals surface area contributed by atoms with Crippen LogP contribution in [0.2, 0.25) is 0 Å². The molecule has 0 unspecified atom stereocenters. The lowest BCUT2D eigenvalue weighted by molar-refractivity contribution is -0.910. The maximum Gasteiger partial charge on any atom is 0.344 e. The molecule has 0 radical (unpaired) electrons. The Balaban J connectivity index is 1.67. The van der Waals surface area contributed by atoms with Crippen LogP contribution in [0.5, 0.6) is 11.5 Å². The molecule has 0 bridgehead atoms. The van der Waals surface area contributed by atoms with E-state index in [4.69, 9.17) is 18.9 Å². The molecule has 1 saturated heterocycles. The van der Waals surface area contributed by atoms with E-state index in [9.17, 15) is 4.79 Å². The number of ether oxygens (including phenoxy) is 4. The van der Waals surface area contributed by atoms with Crippen LogP contribution in [0.3, 0.4) is 0 Å². The molecule has 1 atom stereocenters. The van der Waals surface area contributed by atoms with Crippen molar-refractivity contribution in [1.82, 2.24) is 0 Å². The Morgan fingerprint density at radius 1 is 1.23 bits per heavy atom. The Kier molecular flexibility index (Phi) is 6.48. The molecule has 0 amide bonds. The lowest BCUT2D eigenvalue weighted by Gasteiger charge is -2.26. The topological polar surface area (TPSA) is 58.4 Å². The lowest BCUT2D eigenvalue weighted by atomic mass is 10.3. The molecule has 6 heteroatoms. The highest BCUT2D eigenvalue weighted by Crippen LogP contribution is 2.16. The largest absolute Gasteiger partial charge is 0.497 e. The van der Waals surface area contributed by atoms with E-state index in [-0.39, 0.29) is 18.7 Å². The minimum absolute atomic E-state index is 0.0882. The number of carbonyl (C=O) groups excluding carboxylic acids is 1. The fraction of sp³-hybridized carbons (Fsp3) is 0.562. The van der Waals surface area contributed by atoms with Gasteiger partial charge in [-0.3, -0.25) is 0 Å². The Morgan fingerprint density at radius 2 is 1.86 bits per heavy atom. The molecule has 1 aliphatic rings. The average Bonchev–Trinajstić information content (AvgIpc) is 2.54. The summed E-state index contributed by atoms with van der Waals surface area (Å²) in [6, 6.07) is 7.08. The Labute approximate surface area is 130 Å². The van der Waals surface area contributed by atoms with Crippen LogP contribution in [0.4, 0.5) is 0 Å². The number of esters is 1. The van der Waals surface area contributed by atoms with Gasteiger partial charge in [-0.15, -0.1) is 0 Å². The van der Waals surface area contributed by atoms with Gasteiger partial charge in [0.05, 0.1) is 20.3 Å². The zero-order valence-electron chi connectivity index (χ0n) is 13.2. The summed E-state index contributed by atoms with van der Waals surface area (Å²) in [5.74, 6) is 1.01. The van der Waals surface area contributed by atoms with Gasteiger partial charge in [0, 0.05) is 0 Å². The molecule has 22 heavy (non-hydrogen) atoms. The molecule has 0 aromatic heterocycles. The van der Waals surface area contributed by atoms with Gasteiger partial charge >= 0.3 is 5.97 Å². The standard InChI is InChI=1S/C16H23NO5/c1-13(11-17-7-9-20-10-8-17)22-16(18)12-21-15-5-3-14(19-2)4-6-15/h3-6,13H,7-12H2,1-2H3/p+1/t13-/m1/s1. The highest BCUT2D eigenvalue weighted by atomic mass is 16.6. The first-order valence-corrected chi connectivity index (χ1v) is 7.55. The molecule has 1 aromatic carbocycles. The first-order valence-electron chi connectivity index (χ1n) is 7.55. The maximum absolute atomic E-state index is 11.8. The van der Waals surface area contributed by atoms with Gasteiger partial charge in [0.2, 0.25) is 0 Å². The van der Waals surface area contributed by atoms with Gasteiger partial charge in [-0.1, -0.05) is 0 Å². The highest BCUT2D eigenvalue weighted by Gasteiger charge is 2.19. The first-order chi connectivity index (χ1) is 10.7. The molecule has 1 N–H and O–H groups in total. The third kappa shape index (κ3) is 5.54. The molecular weight excluding hydrogens is 286 g/mol. The second kappa shape index (κ2) is 8.60. The SMILES string of the molecule is COc1ccc(OCC(=O)O[C@H](C)C[NH+]2CCOCC2)cc1. The van der Waals surface area contributed by atoms with Crippen molar-refractivity contribution in [2.45, 2.75) is 13.0 Å². The fourth-order valence-corrected chi connectivity index (χ4v) is 2.39. The number of hydrogen-bond donors (Lipinski definition) is 1. The smallest absolute Gasteiger partial charge is 0.344 e. The average molecular weight is 310 g/mol. The quantitative estimate of drug-likeness (QED) is 0.714. The monoisotopic (exact) mass is 310 g/mol. The zero-order chi connectivity index (χ0) is 15.8. The van der Waals surface area contributed by atoms with Crippen LogP contribution < -0.4 is 14.4 Å². The van der Waals surface area contributed by atoms with Gasteiger partial charge in [-0.25, -0.2) is 4.79 Å². The molecule has 1 aliphatic heterocycles. The molecule has 1 heterocycles. The van der Waals surface area contributed by atoms with E-state index in [1.54, 1.807) is 31.4 Å². The van der Waals surface area contributed by atoms with Crippen LogP contribution >= 0.6 is 0 Å². The van der Waals surface area contributed by atoms with Gasteiger partial charge in [-0.05, 0) is 31.2 Å².